The van der Waals surface area contributed by atoms with Crippen molar-refractivity contribution in [1.82, 2.24) is 15.0 Å². The molecule has 13 rings (SSSR count). The fourth-order valence-corrected chi connectivity index (χ4v) is 10.3. The third kappa shape index (κ3) is 4.98. The predicted octanol–water partition coefficient (Wildman–Crippen LogP) is 14.4. The third-order valence-corrected chi connectivity index (χ3v) is 13.0. The zero-order valence-corrected chi connectivity index (χ0v) is 33.5. The van der Waals surface area contributed by atoms with Gasteiger partial charge in [-0.1, -0.05) is 188 Å². The Labute approximate surface area is 358 Å². The molecule has 11 aromatic rings. The van der Waals surface area contributed by atoms with E-state index in [1.807, 2.05) is 72.8 Å². The number of hydrogen-bond donors (Lipinski definition) is 0. The van der Waals surface area contributed by atoms with E-state index in [1.54, 1.807) is 0 Å². The van der Waals surface area contributed by atoms with Crippen LogP contribution in [0.15, 0.2) is 217 Å². The smallest absolute Gasteiger partial charge is 0.164 e. The van der Waals surface area contributed by atoms with Gasteiger partial charge in [0.2, 0.25) is 0 Å². The van der Waals surface area contributed by atoms with Gasteiger partial charge in [-0.15, -0.1) is 0 Å². The molecule has 0 atom stereocenters. The van der Waals surface area contributed by atoms with E-state index >= 15 is 0 Å². The van der Waals surface area contributed by atoms with Gasteiger partial charge < -0.3 is 4.42 Å². The van der Waals surface area contributed by atoms with Gasteiger partial charge in [0.05, 0.1) is 5.41 Å². The summed E-state index contributed by atoms with van der Waals surface area (Å²) >= 11 is 0. The van der Waals surface area contributed by atoms with Gasteiger partial charge >= 0.3 is 0 Å². The Morgan fingerprint density at radius 3 is 1.39 bits per heavy atom. The second kappa shape index (κ2) is 13.4. The molecule has 2 aliphatic carbocycles. The molecular weight excluding hydrogens is 755 g/mol. The quantitative estimate of drug-likeness (QED) is 0.174. The molecule has 288 valence electrons. The van der Waals surface area contributed by atoms with Crippen molar-refractivity contribution in [2.45, 2.75) is 5.41 Å². The second-order valence-corrected chi connectivity index (χ2v) is 16.2. The number of aromatic nitrogens is 3. The van der Waals surface area contributed by atoms with Crippen molar-refractivity contribution in [3.05, 3.63) is 235 Å². The van der Waals surface area contributed by atoms with E-state index in [-0.39, 0.29) is 0 Å². The lowest BCUT2D eigenvalue weighted by molar-refractivity contribution is 0.669. The summed E-state index contributed by atoms with van der Waals surface area (Å²) in [5.74, 6) is 1.85. The van der Waals surface area contributed by atoms with Gasteiger partial charge in [0.15, 0.2) is 17.5 Å². The molecular formula is C58H35N3O. The molecule has 0 amide bonds. The summed E-state index contributed by atoms with van der Waals surface area (Å²) in [7, 11) is 0. The van der Waals surface area contributed by atoms with Gasteiger partial charge in [-0.05, 0) is 85.5 Å². The predicted molar refractivity (Wildman–Crippen MR) is 251 cm³/mol. The van der Waals surface area contributed by atoms with Gasteiger partial charge in [-0.25, -0.2) is 15.0 Å². The van der Waals surface area contributed by atoms with Crippen molar-refractivity contribution in [2.75, 3.05) is 0 Å². The van der Waals surface area contributed by atoms with Crippen molar-refractivity contribution in [2.24, 2.45) is 0 Å². The summed E-state index contributed by atoms with van der Waals surface area (Å²) in [6, 6.07) is 75.7. The Hall–Kier alpha value is -8.21. The monoisotopic (exact) mass is 789 g/mol. The minimum absolute atomic E-state index is 0.399. The van der Waals surface area contributed by atoms with Crippen molar-refractivity contribution in [1.29, 1.82) is 0 Å². The first-order chi connectivity index (χ1) is 30.7. The first-order valence-corrected chi connectivity index (χ1v) is 21.1. The van der Waals surface area contributed by atoms with Crippen LogP contribution in [0, 0.1) is 0 Å². The van der Waals surface area contributed by atoms with Gasteiger partial charge in [-0.3, -0.25) is 0 Å². The van der Waals surface area contributed by atoms with E-state index in [0.717, 1.165) is 55.3 Å². The van der Waals surface area contributed by atoms with E-state index in [9.17, 15) is 0 Å². The van der Waals surface area contributed by atoms with Crippen LogP contribution in [0.2, 0.25) is 0 Å². The SMILES string of the molecule is c1ccc(-c2nc(-c3ccccc3)nc(-c3ccc4oc5ccccc5c4c3-c3ccc(-c4ccc5c(c4)C4(c6ccccc6-c6ccccc64)c4ccccc4-5)cc3)n2)cc1. The average molecular weight is 790 g/mol. The van der Waals surface area contributed by atoms with Crippen LogP contribution in [0.1, 0.15) is 22.3 Å². The van der Waals surface area contributed by atoms with Gasteiger partial charge in [-0.2, -0.15) is 0 Å². The first-order valence-electron chi connectivity index (χ1n) is 21.1. The van der Waals surface area contributed by atoms with E-state index in [1.165, 1.54) is 50.1 Å². The Balaban J connectivity index is 0.997. The number of furan rings is 1. The van der Waals surface area contributed by atoms with Gasteiger partial charge in [0, 0.05) is 33.0 Å². The third-order valence-electron chi connectivity index (χ3n) is 13.0. The maximum atomic E-state index is 6.50. The molecule has 2 heterocycles. The van der Waals surface area contributed by atoms with E-state index in [0.29, 0.717) is 17.5 Å². The van der Waals surface area contributed by atoms with Gasteiger partial charge in [0.25, 0.3) is 0 Å². The van der Waals surface area contributed by atoms with Crippen LogP contribution in [-0.2, 0) is 5.41 Å². The fourth-order valence-electron chi connectivity index (χ4n) is 10.3. The number of fused-ring (bicyclic) bond motifs is 13. The maximum Gasteiger partial charge on any atom is 0.164 e. The van der Waals surface area contributed by atoms with Crippen LogP contribution in [0.25, 0.3) is 101 Å². The van der Waals surface area contributed by atoms with Crippen molar-refractivity contribution >= 4 is 21.9 Å². The maximum absolute atomic E-state index is 6.50. The Morgan fingerprint density at radius 2 is 0.774 bits per heavy atom. The highest BCUT2D eigenvalue weighted by molar-refractivity contribution is 6.15. The zero-order valence-electron chi connectivity index (χ0n) is 33.5. The lowest BCUT2D eigenvalue weighted by Crippen LogP contribution is -2.25. The molecule has 0 unspecified atom stereocenters. The van der Waals surface area contributed by atoms with Crippen LogP contribution in [0.4, 0.5) is 0 Å². The lowest BCUT2D eigenvalue weighted by atomic mass is 9.70. The summed E-state index contributed by atoms with van der Waals surface area (Å²) in [6.45, 7) is 0. The topological polar surface area (TPSA) is 51.8 Å². The van der Waals surface area contributed by atoms with Crippen LogP contribution in [0.5, 0.6) is 0 Å². The normalized spacial score (nSPS) is 13.0. The fraction of sp³-hybridized carbons (Fsp3) is 0.0172. The Morgan fingerprint density at radius 1 is 0.306 bits per heavy atom. The molecule has 0 saturated heterocycles. The molecule has 62 heavy (non-hydrogen) atoms. The van der Waals surface area contributed by atoms with E-state index < -0.39 is 5.41 Å². The Bertz CT molecular complexity index is 3450. The minimum atomic E-state index is -0.399. The summed E-state index contributed by atoms with van der Waals surface area (Å²) in [4.78, 5) is 15.4. The van der Waals surface area contributed by atoms with Crippen LogP contribution < -0.4 is 0 Å². The van der Waals surface area contributed by atoms with Crippen molar-refractivity contribution in [3.8, 4) is 78.7 Å². The molecule has 4 heteroatoms. The molecule has 0 N–H and O–H groups in total. The highest BCUT2D eigenvalue weighted by Gasteiger charge is 2.51. The second-order valence-electron chi connectivity index (χ2n) is 16.2. The Kier molecular flexibility index (Phi) is 7.49. The molecule has 9 aromatic carbocycles. The number of nitrogens with zero attached hydrogens (tertiary/aromatic N) is 3. The lowest BCUT2D eigenvalue weighted by Gasteiger charge is -2.30. The van der Waals surface area contributed by atoms with Crippen molar-refractivity contribution < 1.29 is 4.42 Å². The summed E-state index contributed by atoms with van der Waals surface area (Å²) in [5, 5.41) is 2.08. The number of hydrogen-bond acceptors (Lipinski definition) is 4. The molecule has 0 saturated carbocycles. The largest absolute Gasteiger partial charge is 0.456 e. The molecule has 0 radical (unpaired) electrons. The number of benzene rings is 9. The standard InChI is InChI=1S/C58H35N3O/c1-3-15-38(16-4-1)55-59-56(39-17-5-2-6-18-39)61-57(60-55)46-33-34-52-54(45-22-10-14-26-51(45)62-52)53(46)37-29-27-36(28-30-37)40-31-32-44-43-21-9-13-25-49(43)58(50(44)35-40)47-23-11-7-19-41(47)42-20-8-12-24-48(42)58/h1-35H. The highest BCUT2D eigenvalue weighted by Crippen LogP contribution is 2.63. The van der Waals surface area contributed by atoms with Crippen LogP contribution in [-0.4, -0.2) is 15.0 Å². The summed E-state index contributed by atoms with van der Waals surface area (Å²) in [5.41, 5.74) is 19.0. The summed E-state index contributed by atoms with van der Waals surface area (Å²) in [6.07, 6.45) is 0. The molecule has 4 nitrogen and oxygen atoms in total. The number of rotatable bonds is 5. The first kappa shape index (κ1) is 34.6. The van der Waals surface area contributed by atoms with E-state index in [4.69, 9.17) is 19.4 Å². The average Bonchev–Trinajstić information content (AvgIpc) is 3.98. The van der Waals surface area contributed by atoms with Crippen LogP contribution in [0.3, 0.4) is 0 Å². The summed E-state index contributed by atoms with van der Waals surface area (Å²) < 4.78 is 6.50. The molecule has 0 aliphatic heterocycles. The molecule has 1 spiro atoms. The molecule has 2 aromatic heterocycles. The number of para-hydroxylation sites is 1. The minimum Gasteiger partial charge on any atom is -0.456 e. The van der Waals surface area contributed by atoms with Crippen LogP contribution >= 0.6 is 0 Å². The highest BCUT2D eigenvalue weighted by atomic mass is 16.3. The molecule has 0 fully saturated rings. The van der Waals surface area contributed by atoms with E-state index in [2.05, 4.69) is 140 Å². The van der Waals surface area contributed by atoms with Crippen molar-refractivity contribution in [3.63, 3.8) is 0 Å². The molecule has 2 aliphatic rings. The zero-order chi connectivity index (χ0) is 40.8. The molecule has 0 bridgehead atoms. The van der Waals surface area contributed by atoms with Gasteiger partial charge in [0.1, 0.15) is 11.2 Å².